The van der Waals surface area contributed by atoms with E-state index >= 15 is 0 Å². The first-order chi connectivity index (χ1) is 10.1. The van der Waals surface area contributed by atoms with Crippen molar-refractivity contribution in [2.24, 2.45) is 0 Å². The van der Waals surface area contributed by atoms with E-state index in [4.69, 9.17) is 21.9 Å². The van der Waals surface area contributed by atoms with E-state index in [9.17, 15) is 0 Å². The van der Waals surface area contributed by atoms with Gasteiger partial charge in [-0.1, -0.05) is 50.9 Å². The number of benzene rings is 2. The molecule has 0 fully saturated rings. The zero-order valence-electron chi connectivity index (χ0n) is 10.9. The molecule has 0 aliphatic rings. The molecule has 0 unspecified atom stereocenters. The summed E-state index contributed by atoms with van der Waals surface area (Å²) in [7, 11) is 0. The fourth-order valence-corrected chi connectivity index (χ4v) is 2.65. The highest BCUT2D eigenvalue weighted by Gasteiger charge is 2.13. The minimum Gasteiger partial charge on any atom is -0.399 e. The molecule has 106 valence electrons. The Kier molecular flexibility index (Phi) is 3.94. The van der Waals surface area contributed by atoms with Crippen LogP contribution in [0.1, 0.15) is 11.4 Å². The quantitative estimate of drug-likeness (QED) is 0.703. The monoisotopic (exact) mass is 363 g/mol. The maximum Gasteiger partial charge on any atom is 0.259 e. The Hall–Kier alpha value is -1.85. The zero-order valence-corrected chi connectivity index (χ0v) is 13.2. The van der Waals surface area contributed by atoms with Crippen molar-refractivity contribution in [3.63, 3.8) is 0 Å². The van der Waals surface area contributed by atoms with Crippen LogP contribution in [0, 0.1) is 0 Å². The predicted octanol–water partition coefficient (Wildman–Crippen LogP) is 4.33. The Morgan fingerprint density at radius 2 is 2.00 bits per heavy atom. The first kappa shape index (κ1) is 14.1. The number of anilines is 1. The van der Waals surface area contributed by atoms with Gasteiger partial charge >= 0.3 is 0 Å². The first-order valence-electron chi connectivity index (χ1n) is 6.25. The minimum atomic E-state index is 0.391. The lowest BCUT2D eigenvalue weighted by atomic mass is 10.1. The summed E-state index contributed by atoms with van der Waals surface area (Å²) in [6.07, 6.45) is 0.581. The molecule has 2 aromatic carbocycles. The van der Waals surface area contributed by atoms with Crippen LogP contribution in [0.3, 0.4) is 0 Å². The summed E-state index contributed by atoms with van der Waals surface area (Å²) in [5.41, 5.74) is 8.04. The molecule has 0 atom stereocenters. The largest absolute Gasteiger partial charge is 0.399 e. The molecular weight excluding hydrogens is 354 g/mol. The Labute approximate surface area is 135 Å². The third-order valence-corrected chi connectivity index (χ3v) is 4.08. The smallest absolute Gasteiger partial charge is 0.259 e. The summed E-state index contributed by atoms with van der Waals surface area (Å²) in [6.45, 7) is 0. The van der Waals surface area contributed by atoms with Crippen LogP contribution in [0.25, 0.3) is 11.5 Å². The average molecular weight is 365 g/mol. The molecule has 0 spiro atoms. The van der Waals surface area contributed by atoms with Crippen molar-refractivity contribution in [3.05, 3.63) is 63.3 Å². The first-order valence-corrected chi connectivity index (χ1v) is 7.42. The van der Waals surface area contributed by atoms with Crippen LogP contribution in [-0.2, 0) is 6.42 Å². The van der Waals surface area contributed by atoms with E-state index in [1.807, 2.05) is 24.3 Å². The van der Waals surface area contributed by atoms with Crippen LogP contribution in [0.4, 0.5) is 5.69 Å². The molecule has 0 aliphatic carbocycles. The van der Waals surface area contributed by atoms with E-state index in [0.29, 0.717) is 34.4 Å². The van der Waals surface area contributed by atoms with E-state index < -0.39 is 0 Å². The van der Waals surface area contributed by atoms with Gasteiger partial charge in [-0.25, -0.2) is 0 Å². The fraction of sp³-hybridized carbons (Fsp3) is 0.0667. The van der Waals surface area contributed by atoms with Crippen LogP contribution in [0.5, 0.6) is 0 Å². The molecule has 3 rings (SSSR count). The summed E-state index contributed by atoms with van der Waals surface area (Å²) in [5, 5.41) is 4.49. The maximum absolute atomic E-state index is 6.14. The molecule has 0 bridgehead atoms. The van der Waals surface area contributed by atoms with Gasteiger partial charge in [0.1, 0.15) is 0 Å². The SMILES string of the molecule is Nc1ccc(-c2nc(Cc3ccccc3Br)no2)c(Cl)c1. The van der Waals surface area contributed by atoms with E-state index in [1.54, 1.807) is 18.2 Å². The molecule has 1 aromatic heterocycles. The molecule has 4 nitrogen and oxygen atoms in total. The van der Waals surface area contributed by atoms with Crippen LogP contribution < -0.4 is 5.73 Å². The maximum atomic E-state index is 6.14. The molecule has 1 heterocycles. The number of nitrogens with zero attached hydrogens (tertiary/aromatic N) is 2. The van der Waals surface area contributed by atoms with Crippen molar-refractivity contribution in [2.75, 3.05) is 5.73 Å². The number of halogens is 2. The van der Waals surface area contributed by atoms with Gasteiger partial charge in [-0.3, -0.25) is 0 Å². The molecule has 6 heteroatoms. The number of rotatable bonds is 3. The van der Waals surface area contributed by atoms with Gasteiger partial charge in [0.15, 0.2) is 5.82 Å². The van der Waals surface area contributed by atoms with Crippen molar-refractivity contribution >= 4 is 33.2 Å². The van der Waals surface area contributed by atoms with Crippen LogP contribution >= 0.6 is 27.5 Å². The van der Waals surface area contributed by atoms with E-state index in [1.165, 1.54) is 0 Å². The molecule has 0 radical (unpaired) electrons. The Balaban J connectivity index is 1.88. The minimum absolute atomic E-state index is 0.391. The molecule has 21 heavy (non-hydrogen) atoms. The highest BCUT2D eigenvalue weighted by molar-refractivity contribution is 9.10. The van der Waals surface area contributed by atoms with E-state index in [-0.39, 0.29) is 0 Å². The lowest BCUT2D eigenvalue weighted by Crippen LogP contribution is -1.92. The van der Waals surface area contributed by atoms with Gasteiger partial charge in [0, 0.05) is 16.6 Å². The summed E-state index contributed by atoms with van der Waals surface area (Å²) in [4.78, 5) is 4.38. The van der Waals surface area contributed by atoms with E-state index in [2.05, 4.69) is 26.1 Å². The van der Waals surface area contributed by atoms with E-state index in [0.717, 1.165) is 10.0 Å². The molecular formula is C15H11BrClN3O. The van der Waals surface area contributed by atoms with Crippen molar-refractivity contribution in [1.29, 1.82) is 0 Å². The Morgan fingerprint density at radius 1 is 1.19 bits per heavy atom. The summed E-state index contributed by atoms with van der Waals surface area (Å²) >= 11 is 9.65. The second-order valence-electron chi connectivity index (χ2n) is 4.52. The number of hydrogen-bond donors (Lipinski definition) is 1. The number of nitrogen functional groups attached to an aromatic ring is 1. The highest BCUT2D eigenvalue weighted by atomic mass is 79.9. The lowest BCUT2D eigenvalue weighted by molar-refractivity contribution is 0.424. The fourth-order valence-electron chi connectivity index (χ4n) is 1.95. The standard InChI is InChI=1S/C15H11BrClN3O/c16-12-4-2-1-3-9(12)7-14-19-15(21-20-14)11-6-5-10(18)8-13(11)17/h1-6,8H,7,18H2. The molecule has 0 saturated heterocycles. The van der Waals surface area contributed by atoms with Crippen molar-refractivity contribution in [2.45, 2.75) is 6.42 Å². The summed E-state index contributed by atoms with van der Waals surface area (Å²) in [6, 6.07) is 13.1. The number of nitrogens with two attached hydrogens (primary N) is 1. The van der Waals surface area contributed by atoms with Gasteiger partial charge < -0.3 is 10.3 Å². The van der Waals surface area contributed by atoms with Gasteiger partial charge in [0.2, 0.25) is 0 Å². The third-order valence-electron chi connectivity index (χ3n) is 3.00. The van der Waals surface area contributed by atoms with Crippen LogP contribution in [-0.4, -0.2) is 10.1 Å². The van der Waals surface area contributed by atoms with Crippen molar-refractivity contribution in [1.82, 2.24) is 10.1 Å². The van der Waals surface area contributed by atoms with Gasteiger partial charge in [-0.2, -0.15) is 4.98 Å². The molecule has 0 aliphatic heterocycles. The molecule has 0 amide bonds. The summed E-state index contributed by atoms with van der Waals surface area (Å²) in [5.74, 6) is 0.992. The van der Waals surface area contributed by atoms with Crippen molar-refractivity contribution < 1.29 is 4.52 Å². The normalized spacial score (nSPS) is 10.8. The number of aromatic nitrogens is 2. The van der Waals surface area contributed by atoms with Gasteiger partial charge in [0.05, 0.1) is 10.6 Å². The molecule has 2 N–H and O–H groups in total. The Bertz CT molecular complexity index is 788. The van der Waals surface area contributed by atoms with Crippen LogP contribution in [0.15, 0.2) is 51.5 Å². The Morgan fingerprint density at radius 3 is 2.76 bits per heavy atom. The van der Waals surface area contributed by atoms with Gasteiger partial charge in [-0.15, -0.1) is 0 Å². The van der Waals surface area contributed by atoms with Crippen molar-refractivity contribution in [3.8, 4) is 11.5 Å². The number of hydrogen-bond acceptors (Lipinski definition) is 4. The molecule has 0 saturated carbocycles. The molecule has 3 aromatic rings. The van der Waals surface area contributed by atoms with Gasteiger partial charge in [-0.05, 0) is 29.8 Å². The third kappa shape index (κ3) is 3.09. The second kappa shape index (κ2) is 5.87. The second-order valence-corrected chi connectivity index (χ2v) is 5.78. The predicted molar refractivity (Wildman–Crippen MR) is 86.1 cm³/mol. The lowest BCUT2D eigenvalue weighted by Gasteiger charge is -2.00. The topological polar surface area (TPSA) is 64.9 Å². The van der Waals surface area contributed by atoms with Gasteiger partial charge in [0.25, 0.3) is 5.89 Å². The zero-order chi connectivity index (χ0) is 14.8. The highest BCUT2D eigenvalue weighted by Crippen LogP contribution is 2.28. The van der Waals surface area contributed by atoms with Crippen LogP contribution in [0.2, 0.25) is 5.02 Å². The average Bonchev–Trinajstić information content (AvgIpc) is 2.90. The summed E-state index contributed by atoms with van der Waals surface area (Å²) < 4.78 is 6.30.